The van der Waals surface area contributed by atoms with E-state index in [9.17, 15) is 31.5 Å². The lowest BCUT2D eigenvalue weighted by atomic mass is 10.2. The highest BCUT2D eigenvalue weighted by Crippen LogP contribution is 2.13. The predicted octanol–water partition coefficient (Wildman–Crippen LogP) is 3.47. The molecule has 0 saturated carbocycles. The molecule has 0 bridgehead atoms. The maximum Gasteiger partial charge on any atom is 0.338 e. The monoisotopic (exact) mass is 334 g/mol. The quantitative estimate of drug-likeness (QED) is 0.651. The standard InChI is InChI=1S/C7H3F3O2.C7H4F2O2/c8-4-2-6(10)5(9)1-3(4)7(11)12;8-5-1-4(7(10)11)2-6(9)3-5/h1-2H,(H,11,12);1-3H,(H,10,11). The Morgan fingerprint density at radius 3 is 1.57 bits per heavy atom. The Hall–Kier alpha value is -2.97. The summed E-state index contributed by atoms with van der Waals surface area (Å²) in [7, 11) is 0. The van der Waals surface area contributed by atoms with Gasteiger partial charge >= 0.3 is 11.9 Å². The highest BCUT2D eigenvalue weighted by molar-refractivity contribution is 5.88. The van der Waals surface area contributed by atoms with E-state index < -0.39 is 46.6 Å². The molecule has 9 heteroatoms. The van der Waals surface area contributed by atoms with Gasteiger partial charge in [0.05, 0.1) is 11.1 Å². The van der Waals surface area contributed by atoms with Crippen LogP contribution in [0, 0.1) is 29.1 Å². The van der Waals surface area contributed by atoms with Crippen molar-refractivity contribution in [3.63, 3.8) is 0 Å². The molecule has 0 aromatic heterocycles. The Bertz CT molecular complexity index is 741. The van der Waals surface area contributed by atoms with E-state index in [1.165, 1.54) is 0 Å². The summed E-state index contributed by atoms with van der Waals surface area (Å²) < 4.78 is 61.6. The minimum atomic E-state index is -1.63. The van der Waals surface area contributed by atoms with Gasteiger partial charge in [-0.05, 0) is 18.2 Å². The second-order valence-corrected chi connectivity index (χ2v) is 4.01. The van der Waals surface area contributed by atoms with E-state index in [4.69, 9.17) is 10.2 Å². The fourth-order valence-corrected chi connectivity index (χ4v) is 1.36. The first-order valence-corrected chi connectivity index (χ1v) is 5.69. The fraction of sp³-hybridized carbons (Fsp3) is 0. The van der Waals surface area contributed by atoms with Crippen LogP contribution in [0.5, 0.6) is 0 Å². The largest absolute Gasteiger partial charge is 0.478 e. The number of aromatic carboxylic acids is 2. The second kappa shape index (κ2) is 7.34. The molecule has 122 valence electrons. The van der Waals surface area contributed by atoms with Gasteiger partial charge in [0.1, 0.15) is 17.5 Å². The number of hydrogen-bond acceptors (Lipinski definition) is 2. The van der Waals surface area contributed by atoms with Crippen molar-refractivity contribution in [3.05, 3.63) is 70.5 Å². The van der Waals surface area contributed by atoms with Crippen molar-refractivity contribution in [1.29, 1.82) is 0 Å². The number of halogens is 5. The van der Waals surface area contributed by atoms with Gasteiger partial charge in [-0.25, -0.2) is 31.5 Å². The van der Waals surface area contributed by atoms with E-state index in [1.54, 1.807) is 0 Å². The fourth-order valence-electron chi connectivity index (χ4n) is 1.36. The summed E-state index contributed by atoms with van der Waals surface area (Å²) in [5.74, 6) is -8.83. The van der Waals surface area contributed by atoms with Crippen LogP contribution in [0.25, 0.3) is 0 Å². The molecule has 0 saturated heterocycles. The minimum Gasteiger partial charge on any atom is -0.478 e. The first kappa shape index (κ1) is 18.1. The summed E-state index contributed by atoms with van der Waals surface area (Å²) in [5, 5.41) is 16.6. The Morgan fingerprint density at radius 1 is 0.652 bits per heavy atom. The topological polar surface area (TPSA) is 74.6 Å². The Kier molecular flexibility index (Phi) is 5.77. The third-order valence-electron chi connectivity index (χ3n) is 2.35. The van der Waals surface area contributed by atoms with Crippen LogP contribution in [0.1, 0.15) is 20.7 Å². The van der Waals surface area contributed by atoms with E-state index in [1.807, 2.05) is 0 Å². The molecule has 0 atom stereocenters. The summed E-state index contributed by atoms with van der Waals surface area (Å²) in [5.41, 5.74) is -1.27. The molecular weight excluding hydrogens is 327 g/mol. The highest BCUT2D eigenvalue weighted by Gasteiger charge is 2.14. The van der Waals surface area contributed by atoms with E-state index in [0.717, 1.165) is 12.1 Å². The molecule has 0 aliphatic heterocycles. The lowest BCUT2D eigenvalue weighted by molar-refractivity contribution is 0.0682. The normalized spacial score (nSPS) is 9.78. The van der Waals surface area contributed by atoms with E-state index in [-0.39, 0.29) is 11.6 Å². The smallest absolute Gasteiger partial charge is 0.338 e. The van der Waals surface area contributed by atoms with Gasteiger partial charge in [0.15, 0.2) is 11.6 Å². The number of carboxylic acid groups (broad SMARTS) is 2. The maximum atomic E-state index is 12.5. The van der Waals surface area contributed by atoms with Crippen molar-refractivity contribution in [3.8, 4) is 0 Å². The number of carbonyl (C=O) groups is 2. The molecule has 2 rings (SSSR count). The summed E-state index contributed by atoms with van der Waals surface area (Å²) in [4.78, 5) is 20.3. The van der Waals surface area contributed by atoms with Gasteiger partial charge in [-0.3, -0.25) is 0 Å². The number of hydrogen-bond donors (Lipinski definition) is 2. The SMILES string of the molecule is O=C(O)c1cc(F)c(F)cc1F.O=C(O)c1cc(F)cc(F)c1. The van der Waals surface area contributed by atoms with Gasteiger partial charge in [-0.15, -0.1) is 0 Å². The van der Waals surface area contributed by atoms with E-state index in [0.29, 0.717) is 12.1 Å². The average molecular weight is 334 g/mol. The Morgan fingerprint density at radius 2 is 1.13 bits per heavy atom. The van der Waals surface area contributed by atoms with Gasteiger partial charge in [-0.1, -0.05) is 0 Å². The van der Waals surface area contributed by atoms with Gasteiger partial charge in [0, 0.05) is 12.1 Å². The second-order valence-electron chi connectivity index (χ2n) is 4.01. The molecule has 0 unspecified atom stereocenters. The van der Waals surface area contributed by atoms with Crippen molar-refractivity contribution < 1.29 is 41.8 Å². The average Bonchev–Trinajstić information content (AvgIpc) is 2.42. The molecular formula is C14H7F5O4. The molecule has 0 spiro atoms. The van der Waals surface area contributed by atoms with Crippen LogP contribution in [-0.2, 0) is 0 Å². The zero-order valence-corrected chi connectivity index (χ0v) is 11.0. The van der Waals surface area contributed by atoms with Crippen LogP contribution in [0.3, 0.4) is 0 Å². The molecule has 0 aliphatic rings. The minimum absolute atomic E-state index is 0.193. The maximum absolute atomic E-state index is 12.5. The van der Waals surface area contributed by atoms with Crippen molar-refractivity contribution in [2.75, 3.05) is 0 Å². The Labute approximate surface area is 125 Å². The summed E-state index contributed by atoms with van der Waals surface area (Å²) in [6.45, 7) is 0. The van der Waals surface area contributed by atoms with E-state index in [2.05, 4.69) is 0 Å². The van der Waals surface area contributed by atoms with Gasteiger partial charge in [0.2, 0.25) is 0 Å². The van der Waals surface area contributed by atoms with Crippen LogP contribution in [0.4, 0.5) is 22.0 Å². The summed E-state index contributed by atoms with van der Waals surface area (Å²) in [6.07, 6.45) is 0. The molecule has 23 heavy (non-hydrogen) atoms. The molecule has 0 amide bonds. The number of carboxylic acids is 2. The van der Waals surface area contributed by atoms with Crippen LogP contribution in [-0.4, -0.2) is 22.2 Å². The third-order valence-corrected chi connectivity index (χ3v) is 2.35. The first-order valence-electron chi connectivity index (χ1n) is 5.69. The van der Waals surface area contributed by atoms with Crippen molar-refractivity contribution >= 4 is 11.9 Å². The molecule has 0 aliphatic carbocycles. The zero-order valence-electron chi connectivity index (χ0n) is 11.0. The summed E-state index contributed by atoms with van der Waals surface area (Å²) >= 11 is 0. The molecule has 0 fully saturated rings. The van der Waals surface area contributed by atoms with Gasteiger partial charge < -0.3 is 10.2 Å². The molecule has 2 N–H and O–H groups in total. The number of benzene rings is 2. The number of rotatable bonds is 2. The van der Waals surface area contributed by atoms with Crippen LogP contribution in [0.2, 0.25) is 0 Å². The van der Waals surface area contributed by atoms with E-state index >= 15 is 0 Å². The van der Waals surface area contributed by atoms with Crippen LogP contribution >= 0.6 is 0 Å². The molecule has 2 aromatic rings. The zero-order chi connectivity index (χ0) is 17.7. The van der Waals surface area contributed by atoms with Crippen LogP contribution < -0.4 is 0 Å². The molecule has 2 aromatic carbocycles. The van der Waals surface area contributed by atoms with Crippen molar-refractivity contribution in [2.24, 2.45) is 0 Å². The van der Waals surface area contributed by atoms with Gasteiger partial charge in [0.25, 0.3) is 0 Å². The predicted molar refractivity (Wildman–Crippen MR) is 66.6 cm³/mol. The first-order chi connectivity index (χ1) is 10.6. The van der Waals surface area contributed by atoms with Crippen molar-refractivity contribution in [2.45, 2.75) is 0 Å². The van der Waals surface area contributed by atoms with Crippen molar-refractivity contribution in [1.82, 2.24) is 0 Å². The molecule has 0 heterocycles. The van der Waals surface area contributed by atoms with Gasteiger partial charge in [-0.2, -0.15) is 0 Å². The third kappa shape index (κ3) is 5.06. The molecule has 4 nitrogen and oxygen atoms in total. The lowest BCUT2D eigenvalue weighted by Crippen LogP contribution is -2.02. The van der Waals surface area contributed by atoms with Crippen LogP contribution in [0.15, 0.2) is 30.3 Å². The Balaban J connectivity index is 0.000000231. The lowest BCUT2D eigenvalue weighted by Gasteiger charge is -1.97. The molecule has 0 radical (unpaired) electrons. The highest BCUT2D eigenvalue weighted by atomic mass is 19.2. The summed E-state index contributed by atoms with van der Waals surface area (Å²) in [6, 6.07) is 2.62.